The molecule has 102 valence electrons. The Hall–Kier alpha value is -1.43. The van der Waals surface area contributed by atoms with Crippen molar-refractivity contribution in [1.29, 1.82) is 0 Å². The van der Waals surface area contributed by atoms with Gasteiger partial charge in [0, 0.05) is 0 Å². The smallest absolute Gasteiger partial charge is 0.252 e. The van der Waals surface area contributed by atoms with Gasteiger partial charge in [0.1, 0.15) is 12.1 Å². The highest BCUT2D eigenvalue weighted by molar-refractivity contribution is 6.06. The van der Waals surface area contributed by atoms with Crippen LogP contribution in [0.15, 0.2) is 0 Å². The number of hydrogen-bond donors (Lipinski definition) is 2. The first kappa shape index (κ1) is 14.6. The Morgan fingerprint density at radius 3 is 2.56 bits per heavy atom. The third-order valence-electron chi connectivity index (χ3n) is 3.59. The summed E-state index contributed by atoms with van der Waals surface area (Å²) >= 11 is 0. The molecule has 1 aliphatic heterocycles. The molecule has 1 rings (SSSR count). The molecule has 6 heteroatoms. The Balaban J connectivity index is 2.95. The van der Waals surface area contributed by atoms with E-state index in [2.05, 4.69) is 5.32 Å². The van der Waals surface area contributed by atoms with E-state index in [4.69, 9.17) is 5.73 Å². The lowest BCUT2D eigenvalue weighted by Crippen LogP contribution is -2.68. The number of rotatable bonds is 3. The molecule has 18 heavy (non-hydrogen) atoms. The fraction of sp³-hybridized carbons (Fsp3) is 0.750. The lowest BCUT2D eigenvalue weighted by atomic mass is 9.93. The minimum atomic E-state index is -1.05. The van der Waals surface area contributed by atoms with E-state index < -0.39 is 23.4 Å². The van der Waals surface area contributed by atoms with Crippen molar-refractivity contribution in [2.45, 2.75) is 45.7 Å². The number of amides is 3. The summed E-state index contributed by atoms with van der Waals surface area (Å²) in [6.07, 6.45) is 0.765. The van der Waals surface area contributed by atoms with Crippen LogP contribution in [0.1, 0.15) is 34.1 Å². The second-order valence-electron chi connectivity index (χ2n) is 5.27. The number of piperazine rings is 1. The highest BCUT2D eigenvalue weighted by Gasteiger charge is 2.45. The number of carbonyl (C=O) groups excluding carboxylic acids is 3. The summed E-state index contributed by atoms with van der Waals surface area (Å²) in [5, 5.41) is 2.22. The Morgan fingerprint density at radius 1 is 1.50 bits per heavy atom. The molecule has 0 bridgehead atoms. The summed E-state index contributed by atoms with van der Waals surface area (Å²) in [7, 11) is 0. The van der Waals surface area contributed by atoms with E-state index in [1.165, 1.54) is 4.90 Å². The van der Waals surface area contributed by atoms with Crippen LogP contribution in [0.25, 0.3) is 0 Å². The number of hydrogen-bond acceptors (Lipinski definition) is 4. The normalized spacial score (nSPS) is 22.4. The molecule has 0 aromatic heterocycles. The monoisotopic (exact) mass is 255 g/mol. The standard InChI is InChI=1S/C12H21N3O3/c1-5-7(2)9(13)10(17)15-6-8(16)14-11(18)12(15,3)4/h7,9H,5-6,13H2,1-4H3,(H,14,16,18)/t7?,9-/m0/s1. The van der Waals surface area contributed by atoms with Crippen molar-refractivity contribution >= 4 is 17.7 Å². The summed E-state index contributed by atoms with van der Waals surface area (Å²) in [6, 6.07) is -0.687. The highest BCUT2D eigenvalue weighted by Crippen LogP contribution is 2.21. The van der Waals surface area contributed by atoms with Crippen LogP contribution in [-0.4, -0.2) is 40.7 Å². The SMILES string of the molecule is CCC(C)[C@H](N)C(=O)N1CC(=O)NC(=O)C1(C)C. The minimum absolute atomic E-state index is 0.00777. The molecule has 0 saturated carbocycles. The van der Waals surface area contributed by atoms with Gasteiger partial charge in [0.25, 0.3) is 5.91 Å². The number of carbonyl (C=O) groups is 3. The van der Waals surface area contributed by atoms with Crippen LogP contribution in [-0.2, 0) is 14.4 Å². The quantitative estimate of drug-likeness (QED) is 0.673. The van der Waals surface area contributed by atoms with Crippen LogP contribution in [0.5, 0.6) is 0 Å². The average molecular weight is 255 g/mol. The lowest BCUT2D eigenvalue weighted by molar-refractivity contribution is -0.156. The fourth-order valence-corrected chi connectivity index (χ4v) is 1.81. The molecular weight excluding hydrogens is 234 g/mol. The predicted molar refractivity (Wildman–Crippen MR) is 66.4 cm³/mol. The van der Waals surface area contributed by atoms with Gasteiger partial charge in [0.2, 0.25) is 11.8 Å². The Bertz CT molecular complexity index is 379. The van der Waals surface area contributed by atoms with Crippen LogP contribution in [0.3, 0.4) is 0 Å². The first-order valence-corrected chi connectivity index (χ1v) is 6.13. The van der Waals surface area contributed by atoms with Gasteiger partial charge in [-0.3, -0.25) is 19.7 Å². The van der Waals surface area contributed by atoms with Gasteiger partial charge in [-0.15, -0.1) is 0 Å². The fourth-order valence-electron chi connectivity index (χ4n) is 1.81. The zero-order valence-electron chi connectivity index (χ0n) is 11.3. The molecule has 3 N–H and O–H groups in total. The molecule has 3 amide bonds. The third kappa shape index (κ3) is 2.53. The average Bonchev–Trinajstić information content (AvgIpc) is 2.31. The summed E-state index contributed by atoms with van der Waals surface area (Å²) in [6.45, 7) is 6.91. The van der Waals surface area contributed by atoms with E-state index in [1.807, 2.05) is 13.8 Å². The first-order chi connectivity index (χ1) is 8.21. The van der Waals surface area contributed by atoms with Crippen LogP contribution in [0, 0.1) is 5.92 Å². The lowest BCUT2D eigenvalue weighted by Gasteiger charge is -2.41. The van der Waals surface area contributed by atoms with Gasteiger partial charge in [-0.1, -0.05) is 20.3 Å². The molecule has 1 fully saturated rings. The van der Waals surface area contributed by atoms with Gasteiger partial charge < -0.3 is 10.6 Å². The van der Waals surface area contributed by atoms with E-state index in [0.717, 1.165) is 6.42 Å². The molecular formula is C12H21N3O3. The van der Waals surface area contributed by atoms with Crippen LogP contribution in [0.4, 0.5) is 0 Å². The van der Waals surface area contributed by atoms with Crippen LogP contribution in [0.2, 0.25) is 0 Å². The molecule has 0 aromatic carbocycles. The van der Waals surface area contributed by atoms with Gasteiger partial charge in [-0.2, -0.15) is 0 Å². The maximum absolute atomic E-state index is 12.3. The summed E-state index contributed by atoms with van der Waals surface area (Å²) in [4.78, 5) is 36.7. The second-order valence-corrected chi connectivity index (χ2v) is 5.27. The number of nitrogens with one attached hydrogen (secondary N) is 1. The van der Waals surface area contributed by atoms with Gasteiger partial charge in [-0.25, -0.2) is 0 Å². The van der Waals surface area contributed by atoms with E-state index in [0.29, 0.717) is 0 Å². The second kappa shape index (κ2) is 5.06. The molecule has 1 saturated heterocycles. The van der Waals surface area contributed by atoms with Crippen molar-refractivity contribution in [2.24, 2.45) is 11.7 Å². The number of nitrogens with zero attached hydrogens (tertiary/aromatic N) is 1. The van der Waals surface area contributed by atoms with E-state index in [-0.39, 0.29) is 18.4 Å². The zero-order valence-corrected chi connectivity index (χ0v) is 11.3. The number of imide groups is 1. The topological polar surface area (TPSA) is 92.5 Å². The third-order valence-corrected chi connectivity index (χ3v) is 3.59. The first-order valence-electron chi connectivity index (χ1n) is 6.13. The Kier molecular flexibility index (Phi) is 4.11. The largest absolute Gasteiger partial charge is 0.320 e. The summed E-state index contributed by atoms with van der Waals surface area (Å²) < 4.78 is 0. The van der Waals surface area contributed by atoms with Crippen molar-refractivity contribution in [3.05, 3.63) is 0 Å². The van der Waals surface area contributed by atoms with E-state index >= 15 is 0 Å². The highest BCUT2D eigenvalue weighted by atomic mass is 16.2. The Morgan fingerprint density at radius 2 is 2.06 bits per heavy atom. The number of nitrogens with two attached hydrogens (primary N) is 1. The molecule has 6 nitrogen and oxygen atoms in total. The molecule has 0 spiro atoms. The van der Waals surface area contributed by atoms with Gasteiger partial charge in [-0.05, 0) is 19.8 Å². The van der Waals surface area contributed by atoms with Crippen molar-refractivity contribution < 1.29 is 14.4 Å². The van der Waals surface area contributed by atoms with Gasteiger partial charge in [0.15, 0.2) is 0 Å². The summed E-state index contributed by atoms with van der Waals surface area (Å²) in [5.41, 5.74) is 4.83. The molecule has 0 aromatic rings. The van der Waals surface area contributed by atoms with Crippen molar-refractivity contribution in [1.82, 2.24) is 10.2 Å². The molecule has 1 aliphatic rings. The van der Waals surface area contributed by atoms with Crippen LogP contribution >= 0.6 is 0 Å². The molecule has 1 unspecified atom stereocenters. The van der Waals surface area contributed by atoms with Crippen molar-refractivity contribution in [3.8, 4) is 0 Å². The van der Waals surface area contributed by atoms with E-state index in [9.17, 15) is 14.4 Å². The summed E-state index contributed by atoms with van der Waals surface area (Å²) in [5.74, 6) is -1.28. The van der Waals surface area contributed by atoms with Crippen molar-refractivity contribution in [3.63, 3.8) is 0 Å². The molecule has 2 atom stereocenters. The van der Waals surface area contributed by atoms with Crippen molar-refractivity contribution in [2.75, 3.05) is 6.54 Å². The molecule has 0 radical (unpaired) electrons. The predicted octanol–water partition coefficient (Wildman–Crippen LogP) is -0.377. The van der Waals surface area contributed by atoms with Gasteiger partial charge >= 0.3 is 0 Å². The molecule has 0 aliphatic carbocycles. The van der Waals surface area contributed by atoms with Gasteiger partial charge in [0.05, 0.1) is 6.04 Å². The minimum Gasteiger partial charge on any atom is -0.320 e. The zero-order chi connectivity index (χ0) is 14.1. The Labute approximate surface area is 107 Å². The van der Waals surface area contributed by atoms with E-state index in [1.54, 1.807) is 13.8 Å². The van der Waals surface area contributed by atoms with Crippen LogP contribution < -0.4 is 11.1 Å². The molecule has 1 heterocycles. The maximum Gasteiger partial charge on any atom is 0.252 e. The maximum atomic E-state index is 12.3.